The summed E-state index contributed by atoms with van der Waals surface area (Å²) in [5.74, 6) is 0.280. The maximum Gasteiger partial charge on any atom is 0.247 e. The lowest BCUT2D eigenvalue weighted by atomic mass is 9.96. The lowest BCUT2D eigenvalue weighted by Gasteiger charge is -2.32. The highest BCUT2D eigenvalue weighted by Gasteiger charge is 2.32. The van der Waals surface area contributed by atoms with E-state index in [1.165, 1.54) is 35.4 Å². The molecule has 3 heterocycles. The number of nitrogens with zero attached hydrogens (tertiary/aromatic N) is 3. The Morgan fingerprint density at radius 1 is 1.23 bits per heavy atom. The van der Waals surface area contributed by atoms with Gasteiger partial charge in [0.15, 0.2) is 0 Å². The molecule has 8 nitrogen and oxygen atoms in total. The fourth-order valence-corrected chi connectivity index (χ4v) is 7.45. The van der Waals surface area contributed by atoms with Crippen molar-refractivity contribution in [3.05, 3.63) is 63.8 Å². The van der Waals surface area contributed by atoms with Crippen molar-refractivity contribution in [1.29, 1.82) is 0 Å². The normalized spacial score (nSPS) is 16.4. The predicted molar refractivity (Wildman–Crippen MR) is 177 cm³/mol. The van der Waals surface area contributed by atoms with Gasteiger partial charge in [-0.3, -0.25) is 19.5 Å². The van der Waals surface area contributed by atoms with Gasteiger partial charge in [0, 0.05) is 42.6 Å². The maximum absolute atomic E-state index is 13.9. The average molecular weight is 624 g/mol. The lowest BCUT2D eigenvalue weighted by molar-refractivity contribution is -0.119. The number of aryl methyl sites for hydroxylation is 2. The van der Waals surface area contributed by atoms with E-state index in [4.69, 9.17) is 16.3 Å². The summed E-state index contributed by atoms with van der Waals surface area (Å²) in [6, 6.07) is 11.4. The van der Waals surface area contributed by atoms with Crippen LogP contribution in [0.5, 0.6) is 0 Å². The van der Waals surface area contributed by atoms with E-state index in [2.05, 4.69) is 39.6 Å². The molecule has 1 aromatic carbocycles. The minimum absolute atomic E-state index is 0.0349. The van der Waals surface area contributed by atoms with E-state index in [0.717, 1.165) is 72.1 Å². The van der Waals surface area contributed by atoms with Crippen LogP contribution in [-0.4, -0.2) is 50.1 Å². The number of halogens is 1. The van der Waals surface area contributed by atoms with Gasteiger partial charge in [-0.2, -0.15) is 0 Å². The number of benzene rings is 1. The molecule has 43 heavy (non-hydrogen) atoms. The van der Waals surface area contributed by atoms with Crippen molar-refractivity contribution in [2.75, 3.05) is 47.2 Å². The number of pyridine rings is 1. The Hall–Kier alpha value is -3.14. The molecule has 230 valence electrons. The molecule has 10 heteroatoms. The summed E-state index contributed by atoms with van der Waals surface area (Å²) in [7, 11) is 1.72. The van der Waals surface area contributed by atoms with Crippen LogP contribution in [-0.2, 0) is 20.7 Å². The molecule has 2 atom stereocenters. The van der Waals surface area contributed by atoms with Crippen LogP contribution in [0.3, 0.4) is 0 Å². The van der Waals surface area contributed by atoms with E-state index in [9.17, 15) is 9.59 Å². The first-order valence-corrected chi connectivity index (χ1v) is 16.5. The van der Waals surface area contributed by atoms with Crippen LogP contribution in [0.1, 0.15) is 67.6 Å². The van der Waals surface area contributed by atoms with Crippen molar-refractivity contribution < 1.29 is 14.3 Å². The Bertz CT molecular complexity index is 1410. The summed E-state index contributed by atoms with van der Waals surface area (Å²) in [4.78, 5) is 35.9. The Balaban J connectivity index is 1.34. The first-order valence-electron chi connectivity index (χ1n) is 15.3. The van der Waals surface area contributed by atoms with E-state index >= 15 is 0 Å². The molecule has 3 aromatic rings. The van der Waals surface area contributed by atoms with Crippen LogP contribution in [0, 0.1) is 12.8 Å². The van der Waals surface area contributed by atoms with Crippen LogP contribution in [0.15, 0.2) is 42.6 Å². The molecule has 1 aliphatic heterocycles. The Labute approximate surface area is 263 Å². The van der Waals surface area contributed by atoms with Crippen molar-refractivity contribution in [2.45, 2.75) is 70.9 Å². The molecular formula is C33H42ClN5O3S. The molecule has 2 aliphatic rings. The van der Waals surface area contributed by atoms with Gasteiger partial charge in [0.2, 0.25) is 12.3 Å². The molecule has 0 radical (unpaired) electrons. The monoisotopic (exact) mass is 623 g/mol. The number of nitrogens with one attached hydrogen (secondary N) is 2. The summed E-state index contributed by atoms with van der Waals surface area (Å²) in [6.07, 6.45) is 9.68. The number of fused-ring (bicyclic) bond motifs is 1. The molecule has 5 rings (SSSR count). The molecule has 0 bridgehead atoms. The van der Waals surface area contributed by atoms with E-state index < -0.39 is 6.04 Å². The van der Waals surface area contributed by atoms with Crippen LogP contribution in [0.4, 0.5) is 22.1 Å². The fraction of sp³-hybridized carbons (Fsp3) is 0.485. The molecule has 0 saturated heterocycles. The number of carbonyl (C=O) groups is 2. The summed E-state index contributed by atoms with van der Waals surface area (Å²) in [6.45, 7) is 6.53. The smallest absolute Gasteiger partial charge is 0.247 e. The van der Waals surface area contributed by atoms with Gasteiger partial charge >= 0.3 is 0 Å². The number of thiophene rings is 1. The van der Waals surface area contributed by atoms with Crippen LogP contribution in [0.2, 0.25) is 5.02 Å². The minimum Gasteiger partial charge on any atom is -0.383 e. The molecule has 2 N–H and O–H groups in total. The predicted octanol–water partition coefficient (Wildman–Crippen LogP) is 7.23. The molecule has 1 fully saturated rings. The van der Waals surface area contributed by atoms with Gasteiger partial charge in [0.25, 0.3) is 0 Å². The molecule has 1 aliphatic carbocycles. The zero-order valence-corrected chi connectivity index (χ0v) is 26.8. The topological polar surface area (TPSA) is 86.8 Å². The summed E-state index contributed by atoms with van der Waals surface area (Å²) >= 11 is 7.69. The van der Waals surface area contributed by atoms with Crippen LogP contribution >= 0.6 is 22.9 Å². The number of methoxy groups -OCH3 is 1. The second-order valence-corrected chi connectivity index (χ2v) is 13.2. The standard InChI is InChI=1S/C33H42ClN5O3S/c1-22-28(19-26(34)20-35-22)36-23(2)31-12-13-32(43-31)39(21-40)30(17-24-7-4-5-8-24)33(41)37-27-10-11-29-25(18-27)9-6-14-38(29)15-16-42-3/h10-13,18-21,23-24,30,36H,4-9,14-17H2,1-3H3,(H,37,41)/t23-,30-/m0/s1. The SMILES string of the molecule is COCCN1CCCc2cc(NC(=O)[C@H](CC3CCCC3)N(C=O)c3ccc([C@H](C)Nc4cc(Cl)cnc4C)s3)ccc21. The van der Waals surface area contributed by atoms with Gasteiger partial charge in [-0.25, -0.2) is 0 Å². The molecule has 0 unspecified atom stereocenters. The highest BCUT2D eigenvalue weighted by Crippen LogP contribution is 2.37. The van der Waals surface area contributed by atoms with Crippen molar-refractivity contribution >= 4 is 57.3 Å². The zero-order chi connectivity index (χ0) is 30.3. The van der Waals surface area contributed by atoms with Crippen molar-refractivity contribution in [3.63, 3.8) is 0 Å². The highest BCUT2D eigenvalue weighted by molar-refractivity contribution is 7.16. The molecule has 0 spiro atoms. The van der Waals surface area contributed by atoms with Crippen molar-refractivity contribution in [1.82, 2.24) is 4.98 Å². The van der Waals surface area contributed by atoms with Gasteiger partial charge in [-0.15, -0.1) is 11.3 Å². The number of ether oxygens (including phenoxy) is 1. The maximum atomic E-state index is 13.9. The molecule has 1 saturated carbocycles. The second kappa shape index (κ2) is 14.6. The third-order valence-electron chi connectivity index (χ3n) is 8.63. The minimum atomic E-state index is -0.594. The van der Waals surface area contributed by atoms with Gasteiger partial charge in [0.1, 0.15) is 6.04 Å². The third-order valence-corrected chi connectivity index (χ3v) is 10.1. The van der Waals surface area contributed by atoms with Crippen molar-refractivity contribution in [3.8, 4) is 0 Å². The van der Waals surface area contributed by atoms with Crippen molar-refractivity contribution in [2.24, 2.45) is 5.92 Å². The Morgan fingerprint density at radius 3 is 2.81 bits per heavy atom. The van der Waals surface area contributed by atoms with Gasteiger partial charge < -0.3 is 20.3 Å². The van der Waals surface area contributed by atoms with Gasteiger partial charge in [-0.1, -0.05) is 37.3 Å². The average Bonchev–Trinajstić information content (AvgIpc) is 3.71. The first-order chi connectivity index (χ1) is 20.9. The summed E-state index contributed by atoms with van der Waals surface area (Å²) in [5.41, 5.74) is 4.94. The second-order valence-electron chi connectivity index (χ2n) is 11.7. The fourth-order valence-electron chi connectivity index (χ4n) is 6.27. The number of carbonyl (C=O) groups excluding carboxylic acids is 2. The summed E-state index contributed by atoms with van der Waals surface area (Å²) < 4.78 is 5.29. The van der Waals surface area contributed by atoms with Crippen LogP contribution < -0.4 is 20.4 Å². The summed E-state index contributed by atoms with van der Waals surface area (Å²) in [5, 5.41) is 7.99. The lowest BCUT2D eigenvalue weighted by Crippen LogP contribution is -2.44. The quantitative estimate of drug-likeness (QED) is 0.195. The van der Waals surface area contributed by atoms with E-state index in [-0.39, 0.29) is 11.9 Å². The van der Waals surface area contributed by atoms with E-state index in [1.807, 2.05) is 31.2 Å². The van der Waals surface area contributed by atoms with E-state index in [1.54, 1.807) is 18.2 Å². The van der Waals surface area contributed by atoms with Crippen LogP contribution in [0.25, 0.3) is 0 Å². The number of hydrogen-bond donors (Lipinski definition) is 2. The zero-order valence-electron chi connectivity index (χ0n) is 25.3. The number of hydrogen-bond acceptors (Lipinski definition) is 7. The number of rotatable bonds is 13. The largest absolute Gasteiger partial charge is 0.383 e. The van der Waals surface area contributed by atoms with Gasteiger partial charge in [-0.05, 0) is 81.0 Å². The first kappa shape index (κ1) is 31.3. The number of amides is 2. The Morgan fingerprint density at radius 2 is 2.05 bits per heavy atom. The van der Waals surface area contributed by atoms with E-state index in [0.29, 0.717) is 24.0 Å². The molecule has 2 amide bonds. The number of aromatic nitrogens is 1. The van der Waals surface area contributed by atoms with Gasteiger partial charge in [0.05, 0.1) is 34.1 Å². The molecule has 2 aromatic heterocycles. The molecular weight excluding hydrogens is 582 g/mol. The highest BCUT2D eigenvalue weighted by atomic mass is 35.5. The number of anilines is 4. The third kappa shape index (κ3) is 7.69. The Kier molecular flexibility index (Phi) is 10.6.